The zero-order valence-corrected chi connectivity index (χ0v) is 14.1. The summed E-state index contributed by atoms with van der Waals surface area (Å²) in [5.41, 5.74) is 2.47. The molecule has 1 saturated heterocycles. The van der Waals surface area contributed by atoms with E-state index in [1.165, 1.54) is 56.6 Å². The fraction of sp³-hybridized carbons (Fsp3) is 0.778. The molecule has 4 heteroatoms. The molecule has 2 aliphatic rings. The number of likely N-dealkylation sites (tertiary alicyclic amines) is 1. The largest absolute Gasteiger partial charge is 0.303 e. The molecule has 2 heterocycles. The number of aryl methyl sites for hydroxylation is 2. The lowest BCUT2D eigenvalue weighted by Gasteiger charge is -2.33. The van der Waals surface area contributed by atoms with E-state index < -0.39 is 0 Å². The predicted octanol–water partition coefficient (Wildman–Crippen LogP) is 2.49. The normalized spacial score (nSPS) is 20.3. The summed E-state index contributed by atoms with van der Waals surface area (Å²) in [6, 6.07) is 1.84. The van der Waals surface area contributed by atoms with Crippen molar-refractivity contribution in [2.45, 2.75) is 58.9 Å². The van der Waals surface area contributed by atoms with Crippen molar-refractivity contribution in [3.63, 3.8) is 0 Å². The summed E-state index contributed by atoms with van der Waals surface area (Å²) in [7, 11) is 0. The molecular weight excluding hydrogens is 274 g/mol. The van der Waals surface area contributed by atoms with Gasteiger partial charge < -0.3 is 4.90 Å². The Hall–Kier alpha value is -1.16. The number of fused-ring (bicyclic) bond motifs is 1. The van der Waals surface area contributed by atoms with Gasteiger partial charge in [0.1, 0.15) is 0 Å². The summed E-state index contributed by atoms with van der Waals surface area (Å²) >= 11 is 0. The van der Waals surface area contributed by atoms with E-state index in [-0.39, 0.29) is 5.56 Å². The van der Waals surface area contributed by atoms with Gasteiger partial charge in [-0.25, -0.2) is 4.68 Å². The molecule has 1 fully saturated rings. The van der Waals surface area contributed by atoms with Crippen molar-refractivity contribution >= 4 is 0 Å². The van der Waals surface area contributed by atoms with E-state index in [9.17, 15) is 4.79 Å². The zero-order valence-electron chi connectivity index (χ0n) is 14.1. The third-order valence-corrected chi connectivity index (χ3v) is 5.04. The molecular formula is C18H29N3O. The van der Waals surface area contributed by atoms with Gasteiger partial charge in [0.2, 0.25) is 0 Å². The number of hydrogen-bond donors (Lipinski definition) is 0. The quantitative estimate of drug-likeness (QED) is 0.858. The van der Waals surface area contributed by atoms with Crippen molar-refractivity contribution in [3.05, 3.63) is 27.7 Å². The highest BCUT2D eigenvalue weighted by atomic mass is 16.1. The maximum Gasteiger partial charge on any atom is 0.267 e. The molecule has 0 aromatic carbocycles. The maximum atomic E-state index is 12.3. The molecule has 0 unspecified atom stereocenters. The van der Waals surface area contributed by atoms with E-state index in [2.05, 4.69) is 23.8 Å². The molecule has 4 nitrogen and oxygen atoms in total. The highest BCUT2D eigenvalue weighted by Crippen LogP contribution is 2.20. The van der Waals surface area contributed by atoms with Gasteiger partial charge in [-0.15, -0.1) is 0 Å². The lowest BCUT2D eigenvalue weighted by atomic mass is 9.95. The standard InChI is InChI=1S/C18H29N3O/c1-14(2)12-20-9-7-15(8-10-20)13-21-18(22)11-16-5-3-4-6-17(16)19-21/h11,14-15H,3-10,12-13H2,1-2H3. The summed E-state index contributed by atoms with van der Waals surface area (Å²) < 4.78 is 1.74. The van der Waals surface area contributed by atoms with Gasteiger partial charge in [0.15, 0.2) is 0 Å². The number of nitrogens with zero attached hydrogens (tertiary/aromatic N) is 3. The first kappa shape index (κ1) is 15.7. The van der Waals surface area contributed by atoms with Crippen molar-refractivity contribution in [1.82, 2.24) is 14.7 Å². The first-order chi connectivity index (χ1) is 10.6. The lowest BCUT2D eigenvalue weighted by Crippen LogP contribution is -2.38. The van der Waals surface area contributed by atoms with Crippen LogP contribution in [0.5, 0.6) is 0 Å². The van der Waals surface area contributed by atoms with Crippen molar-refractivity contribution in [3.8, 4) is 0 Å². The van der Waals surface area contributed by atoms with Crippen LogP contribution in [-0.4, -0.2) is 34.3 Å². The minimum Gasteiger partial charge on any atom is -0.303 e. The molecule has 0 atom stereocenters. The smallest absolute Gasteiger partial charge is 0.267 e. The highest BCUT2D eigenvalue weighted by Gasteiger charge is 2.21. The Labute approximate surface area is 133 Å². The van der Waals surface area contributed by atoms with Gasteiger partial charge in [-0.05, 0) is 69.0 Å². The molecule has 1 aromatic rings. The molecule has 122 valence electrons. The second-order valence-electron chi connectivity index (χ2n) is 7.48. The molecule has 0 spiro atoms. The van der Waals surface area contributed by atoms with Crippen LogP contribution in [0.15, 0.2) is 10.9 Å². The predicted molar refractivity (Wildman–Crippen MR) is 89.1 cm³/mol. The Kier molecular flexibility index (Phi) is 4.97. The van der Waals surface area contributed by atoms with Crippen LogP contribution < -0.4 is 5.56 Å². The maximum absolute atomic E-state index is 12.3. The van der Waals surface area contributed by atoms with Crippen LogP contribution in [0.3, 0.4) is 0 Å². The van der Waals surface area contributed by atoms with Gasteiger partial charge in [-0.1, -0.05) is 13.8 Å². The molecule has 0 saturated carbocycles. The summed E-state index contributed by atoms with van der Waals surface area (Å²) in [6.45, 7) is 8.90. The molecule has 0 radical (unpaired) electrons. The molecule has 1 aromatic heterocycles. The number of aromatic nitrogens is 2. The Bertz CT molecular complexity index is 556. The van der Waals surface area contributed by atoms with Crippen molar-refractivity contribution < 1.29 is 0 Å². The molecule has 0 amide bonds. The number of rotatable bonds is 4. The van der Waals surface area contributed by atoms with Crippen LogP contribution >= 0.6 is 0 Å². The van der Waals surface area contributed by atoms with E-state index in [4.69, 9.17) is 0 Å². The van der Waals surface area contributed by atoms with Crippen molar-refractivity contribution in [1.29, 1.82) is 0 Å². The van der Waals surface area contributed by atoms with Gasteiger partial charge in [0, 0.05) is 19.2 Å². The van der Waals surface area contributed by atoms with Crippen molar-refractivity contribution in [2.75, 3.05) is 19.6 Å². The monoisotopic (exact) mass is 303 g/mol. The van der Waals surface area contributed by atoms with Gasteiger partial charge >= 0.3 is 0 Å². The van der Waals surface area contributed by atoms with E-state index >= 15 is 0 Å². The van der Waals surface area contributed by atoms with Crippen LogP contribution in [0, 0.1) is 11.8 Å². The molecule has 22 heavy (non-hydrogen) atoms. The van der Waals surface area contributed by atoms with E-state index in [1.54, 1.807) is 4.68 Å². The third kappa shape index (κ3) is 3.78. The summed E-state index contributed by atoms with van der Waals surface area (Å²) in [5, 5.41) is 4.66. The Morgan fingerprint density at radius 2 is 1.95 bits per heavy atom. The first-order valence-electron chi connectivity index (χ1n) is 8.94. The highest BCUT2D eigenvalue weighted by molar-refractivity contribution is 5.20. The average molecular weight is 303 g/mol. The molecule has 1 aliphatic carbocycles. The van der Waals surface area contributed by atoms with Gasteiger partial charge in [-0.2, -0.15) is 5.10 Å². The van der Waals surface area contributed by atoms with Crippen LogP contribution in [0.1, 0.15) is 50.8 Å². The summed E-state index contributed by atoms with van der Waals surface area (Å²) in [4.78, 5) is 14.8. The van der Waals surface area contributed by atoms with E-state index in [0.717, 1.165) is 25.3 Å². The second-order valence-corrected chi connectivity index (χ2v) is 7.48. The first-order valence-corrected chi connectivity index (χ1v) is 8.94. The topological polar surface area (TPSA) is 38.1 Å². The zero-order chi connectivity index (χ0) is 15.5. The van der Waals surface area contributed by atoms with Gasteiger partial charge in [-0.3, -0.25) is 4.79 Å². The summed E-state index contributed by atoms with van der Waals surface area (Å²) in [5.74, 6) is 1.34. The third-order valence-electron chi connectivity index (χ3n) is 5.04. The Morgan fingerprint density at radius 1 is 1.23 bits per heavy atom. The number of piperidine rings is 1. The minimum atomic E-state index is 0.102. The van der Waals surface area contributed by atoms with Crippen molar-refractivity contribution in [2.24, 2.45) is 11.8 Å². The lowest BCUT2D eigenvalue weighted by molar-refractivity contribution is 0.155. The molecule has 1 aliphatic heterocycles. The van der Waals surface area contributed by atoms with Crippen LogP contribution in [-0.2, 0) is 19.4 Å². The van der Waals surface area contributed by atoms with Gasteiger partial charge in [0.05, 0.1) is 5.69 Å². The second kappa shape index (κ2) is 6.95. The Morgan fingerprint density at radius 3 is 2.68 bits per heavy atom. The molecule has 0 bridgehead atoms. The summed E-state index contributed by atoms with van der Waals surface area (Å²) in [6.07, 6.45) is 6.88. The SMILES string of the molecule is CC(C)CN1CCC(Cn2nc3c(cc2=O)CCCC3)CC1. The van der Waals surface area contributed by atoms with Crippen LogP contribution in [0.25, 0.3) is 0 Å². The fourth-order valence-corrected chi connectivity index (χ4v) is 3.84. The molecule has 0 N–H and O–H groups in total. The number of hydrogen-bond acceptors (Lipinski definition) is 3. The van der Waals surface area contributed by atoms with E-state index in [0.29, 0.717) is 5.92 Å². The van der Waals surface area contributed by atoms with Gasteiger partial charge in [0.25, 0.3) is 5.56 Å². The van der Waals surface area contributed by atoms with Crippen LogP contribution in [0.4, 0.5) is 0 Å². The Balaban J connectivity index is 1.61. The average Bonchev–Trinajstić information content (AvgIpc) is 2.49. The fourth-order valence-electron chi connectivity index (χ4n) is 3.84. The molecule has 3 rings (SSSR count). The minimum absolute atomic E-state index is 0.102. The van der Waals surface area contributed by atoms with Crippen LogP contribution in [0.2, 0.25) is 0 Å². The van der Waals surface area contributed by atoms with E-state index in [1.807, 2.05) is 6.07 Å².